The van der Waals surface area contributed by atoms with Gasteiger partial charge in [-0.05, 0) is 65.7 Å². The van der Waals surface area contributed by atoms with E-state index in [4.69, 9.17) is 16.3 Å². The highest BCUT2D eigenvalue weighted by Gasteiger charge is 2.38. The van der Waals surface area contributed by atoms with E-state index in [-0.39, 0.29) is 11.3 Å². The molecule has 0 bridgehead atoms. The van der Waals surface area contributed by atoms with Gasteiger partial charge in [-0.15, -0.1) is 0 Å². The van der Waals surface area contributed by atoms with Crippen LogP contribution in [0.25, 0.3) is 6.08 Å². The van der Waals surface area contributed by atoms with Crippen molar-refractivity contribution in [2.45, 2.75) is 5.37 Å². The summed E-state index contributed by atoms with van der Waals surface area (Å²) in [5.74, 6) is 1.46. The molecule has 4 aromatic carbocycles. The predicted molar refractivity (Wildman–Crippen MR) is 137 cm³/mol. The van der Waals surface area contributed by atoms with Crippen molar-refractivity contribution >= 4 is 41.0 Å². The van der Waals surface area contributed by atoms with Crippen molar-refractivity contribution in [3.8, 4) is 11.5 Å². The van der Waals surface area contributed by atoms with Crippen molar-refractivity contribution < 1.29 is 9.53 Å². The maximum atomic E-state index is 13.5. The van der Waals surface area contributed by atoms with Crippen LogP contribution in [0.5, 0.6) is 11.5 Å². The molecule has 0 aliphatic carbocycles. The number of carbonyl (C=O) groups is 1. The predicted octanol–water partition coefficient (Wildman–Crippen LogP) is 7.95. The molecule has 0 aromatic heterocycles. The SMILES string of the molecule is O=C1/C(=C/c2cccc(Oc3ccccc3)c2)SC(c2ccccc2)N1c1ccc(Cl)cc1. The average Bonchev–Trinajstić information content (AvgIpc) is 3.17. The minimum Gasteiger partial charge on any atom is -0.457 e. The Morgan fingerprint density at radius 3 is 2.18 bits per heavy atom. The van der Waals surface area contributed by atoms with Gasteiger partial charge in [-0.25, -0.2) is 0 Å². The Morgan fingerprint density at radius 2 is 1.45 bits per heavy atom. The molecule has 0 N–H and O–H groups in total. The Kier molecular flexibility index (Phi) is 6.20. The number of para-hydroxylation sites is 1. The Balaban J connectivity index is 1.48. The molecule has 3 nitrogen and oxygen atoms in total. The molecule has 1 amide bonds. The van der Waals surface area contributed by atoms with Gasteiger partial charge in [0.2, 0.25) is 0 Å². The molecule has 1 aliphatic rings. The molecule has 0 spiro atoms. The summed E-state index contributed by atoms with van der Waals surface area (Å²) >= 11 is 7.63. The lowest BCUT2D eigenvalue weighted by Gasteiger charge is -2.23. The maximum absolute atomic E-state index is 13.5. The number of ether oxygens (including phenoxy) is 1. The van der Waals surface area contributed by atoms with E-state index in [1.807, 2.05) is 120 Å². The number of thioether (sulfide) groups is 1. The van der Waals surface area contributed by atoms with Crippen molar-refractivity contribution in [1.82, 2.24) is 0 Å². The Morgan fingerprint density at radius 1 is 0.788 bits per heavy atom. The van der Waals surface area contributed by atoms with Gasteiger partial charge < -0.3 is 4.74 Å². The molecule has 1 fully saturated rings. The number of hydrogen-bond donors (Lipinski definition) is 0. The molecule has 1 heterocycles. The number of amides is 1. The molecule has 4 aromatic rings. The number of rotatable bonds is 5. The van der Waals surface area contributed by atoms with Crippen LogP contribution in [0.1, 0.15) is 16.5 Å². The van der Waals surface area contributed by atoms with Crippen molar-refractivity contribution in [2.75, 3.05) is 4.90 Å². The second kappa shape index (κ2) is 9.57. The van der Waals surface area contributed by atoms with E-state index in [1.54, 1.807) is 11.8 Å². The van der Waals surface area contributed by atoms with E-state index in [0.717, 1.165) is 28.3 Å². The summed E-state index contributed by atoms with van der Waals surface area (Å²) in [6, 6.07) is 34.8. The topological polar surface area (TPSA) is 29.5 Å². The van der Waals surface area contributed by atoms with Gasteiger partial charge in [0.25, 0.3) is 5.91 Å². The number of anilines is 1. The van der Waals surface area contributed by atoms with Crippen molar-refractivity contribution in [3.63, 3.8) is 0 Å². The molecular formula is C28H20ClNO2S. The Hall–Kier alpha value is -3.47. The van der Waals surface area contributed by atoms with Crippen LogP contribution in [-0.4, -0.2) is 5.91 Å². The van der Waals surface area contributed by atoms with Gasteiger partial charge in [0, 0.05) is 10.7 Å². The van der Waals surface area contributed by atoms with Crippen LogP contribution in [0.2, 0.25) is 5.02 Å². The van der Waals surface area contributed by atoms with E-state index in [2.05, 4.69) is 0 Å². The normalized spacial score (nSPS) is 16.9. The number of carbonyl (C=O) groups excluding carboxylic acids is 1. The van der Waals surface area contributed by atoms with Crippen LogP contribution in [0.15, 0.2) is 114 Å². The van der Waals surface area contributed by atoms with Gasteiger partial charge in [-0.3, -0.25) is 9.69 Å². The summed E-state index contributed by atoms with van der Waals surface area (Å²) in [7, 11) is 0. The quantitative estimate of drug-likeness (QED) is 0.278. The zero-order chi connectivity index (χ0) is 22.6. The van der Waals surface area contributed by atoms with Crippen LogP contribution >= 0.6 is 23.4 Å². The minimum absolute atomic E-state index is 0.0365. The third kappa shape index (κ3) is 4.82. The average molecular weight is 470 g/mol. The first-order valence-corrected chi connectivity index (χ1v) is 11.8. The fraction of sp³-hybridized carbons (Fsp3) is 0.0357. The molecule has 5 rings (SSSR count). The minimum atomic E-state index is -0.158. The molecule has 5 heteroatoms. The van der Waals surface area contributed by atoms with Crippen LogP contribution in [0, 0.1) is 0 Å². The highest BCUT2D eigenvalue weighted by atomic mass is 35.5. The first-order chi connectivity index (χ1) is 16.2. The first-order valence-electron chi connectivity index (χ1n) is 10.5. The van der Waals surface area contributed by atoms with Crippen LogP contribution < -0.4 is 9.64 Å². The van der Waals surface area contributed by atoms with Crippen molar-refractivity contribution in [2.24, 2.45) is 0 Å². The van der Waals surface area contributed by atoms with Crippen LogP contribution in [0.4, 0.5) is 5.69 Å². The van der Waals surface area contributed by atoms with Gasteiger partial charge in [0.05, 0.1) is 4.91 Å². The highest BCUT2D eigenvalue weighted by Crippen LogP contribution is 2.48. The summed E-state index contributed by atoms with van der Waals surface area (Å²) in [4.78, 5) is 16.0. The summed E-state index contributed by atoms with van der Waals surface area (Å²) in [6.07, 6.45) is 1.93. The molecule has 1 atom stereocenters. The smallest absolute Gasteiger partial charge is 0.266 e. The van der Waals surface area contributed by atoms with Gasteiger partial charge in [-0.1, -0.05) is 84.0 Å². The molecular weight excluding hydrogens is 450 g/mol. The zero-order valence-corrected chi connectivity index (χ0v) is 19.2. The first kappa shape index (κ1) is 21.4. The molecule has 0 saturated carbocycles. The molecule has 1 unspecified atom stereocenters. The van der Waals surface area contributed by atoms with Crippen LogP contribution in [0.3, 0.4) is 0 Å². The fourth-order valence-electron chi connectivity index (χ4n) is 3.68. The van der Waals surface area contributed by atoms with Gasteiger partial charge >= 0.3 is 0 Å². The highest BCUT2D eigenvalue weighted by molar-refractivity contribution is 8.05. The molecule has 33 heavy (non-hydrogen) atoms. The second-order valence-corrected chi connectivity index (χ2v) is 9.09. The summed E-state index contributed by atoms with van der Waals surface area (Å²) in [5, 5.41) is 0.482. The summed E-state index contributed by atoms with van der Waals surface area (Å²) in [5.41, 5.74) is 2.79. The molecule has 0 radical (unpaired) electrons. The van der Waals surface area contributed by atoms with E-state index >= 15 is 0 Å². The van der Waals surface area contributed by atoms with Crippen molar-refractivity contribution in [3.05, 3.63) is 130 Å². The zero-order valence-electron chi connectivity index (χ0n) is 17.6. The number of benzene rings is 4. The van der Waals surface area contributed by atoms with Gasteiger partial charge in [0.1, 0.15) is 16.9 Å². The Bertz CT molecular complexity index is 1290. The largest absolute Gasteiger partial charge is 0.457 e. The van der Waals surface area contributed by atoms with E-state index < -0.39 is 0 Å². The summed E-state index contributed by atoms with van der Waals surface area (Å²) < 4.78 is 5.96. The number of hydrogen-bond acceptors (Lipinski definition) is 3. The lowest BCUT2D eigenvalue weighted by molar-refractivity contribution is -0.114. The standard InChI is InChI=1S/C28H20ClNO2S/c29-22-14-16-23(17-15-22)30-27(31)26(33-28(30)21-9-3-1-4-10-21)19-20-8-7-13-25(18-20)32-24-11-5-2-6-12-24/h1-19,28H/b26-19-. The third-order valence-corrected chi connectivity index (χ3v) is 6.73. The van der Waals surface area contributed by atoms with Gasteiger partial charge in [0.15, 0.2) is 0 Å². The van der Waals surface area contributed by atoms with E-state index in [1.165, 1.54) is 0 Å². The Labute approximate surface area is 202 Å². The molecule has 162 valence electrons. The van der Waals surface area contributed by atoms with E-state index in [0.29, 0.717) is 9.93 Å². The van der Waals surface area contributed by atoms with Crippen LogP contribution in [-0.2, 0) is 4.79 Å². The lowest BCUT2D eigenvalue weighted by Crippen LogP contribution is -2.27. The summed E-state index contributed by atoms with van der Waals surface area (Å²) in [6.45, 7) is 0. The van der Waals surface area contributed by atoms with E-state index in [9.17, 15) is 4.79 Å². The number of halogens is 1. The molecule has 1 aliphatic heterocycles. The maximum Gasteiger partial charge on any atom is 0.266 e. The lowest BCUT2D eigenvalue weighted by atomic mass is 10.1. The third-order valence-electron chi connectivity index (χ3n) is 5.23. The second-order valence-electron chi connectivity index (χ2n) is 7.53. The van der Waals surface area contributed by atoms with Gasteiger partial charge in [-0.2, -0.15) is 0 Å². The van der Waals surface area contributed by atoms with Crippen molar-refractivity contribution in [1.29, 1.82) is 0 Å². The monoisotopic (exact) mass is 469 g/mol. The molecule has 1 saturated heterocycles. The number of nitrogens with zero attached hydrogens (tertiary/aromatic N) is 1. The fourth-order valence-corrected chi connectivity index (χ4v) is 5.06.